The molecule has 0 spiro atoms. The molecular formula is C7H13Br. The van der Waals surface area contributed by atoms with Gasteiger partial charge in [0.05, 0.1) is 0 Å². The summed E-state index contributed by atoms with van der Waals surface area (Å²) in [5.41, 5.74) is 0. The van der Waals surface area contributed by atoms with Crippen molar-refractivity contribution in [2.75, 3.05) is 0 Å². The third kappa shape index (κ3) is 1.48. The van der Waals surface area contributed by atoms with Crippen molar-refractivity contribution < 1.29 is 0 Å². The Morgan fingerprint density at radius 3 is 2.25 bits per heavy atom. The first-order valence-electron chi connectivity index (χ1n) is 3.45. The normalized spacial score (nSPS) is 39.8. The molecule has 48 valence electrons. The quantitative estimate of drug-likeness (QED) is 0.499. The molecule has 0 heterocycles. The van der Waals surface area contributed by atoms with Crippen LogP contribution in [-0.2, 0) is 0 Å². The average Bonchev–Trinajstić information content (AvgIpc) is 1.77. The third-order valence-electron chi connectivity index (χ3n) is 2.01. The van der Waals surface area contributed by atoms with Crippen molar-refractivity contribution in [1.29, 1.82) is 0 Å². The second-order valence-corrected chi connectivity index (χ2v) is 3.95. The smallest absolute Gasteiger partial charge is 0.0171 e. The largest absolute Gasteiger partial charge is 0.0888 e. The molecule has 1 aliphatic rings. The Labute approximate surface area is 59.8 Å². The highest BCUT2D eigenvalue weighted by Crippen LogP contribution is 2.28. The molecule has 0 unspecified atom stereocenters. The molecule has 1 saturated carbocycles. The predicted molar refractivity (Wildman–Crippen MR) is 40.3 cm³/mol. The lowest BCUT2D eigenvalue weighted by Gasteiger charge is -2.22. The highest BCUT2D eigenvalue weighted by Gasteiger charge is 2.17. The number of hydrogen-bond donors (Lipinski definition) is 0. The van der Waals surface area contributed by atoms with Crippen LogP contribution in [0.4, 0.5) is 0 Å². The second kappa shape index (κ2) is 2.86. The minimum absolute atomic E-state index is 0.816. The topological polar surface area (TPSA) is 0 Å². The van der Waals surface area contributed by atoms with Gasteiger partial charge in [0.15, 0.2) is 0 Å². The molecule has 1 heteroatoms. The van der Waals surface area contributed by atoms with Crippen molar-refractivity contribution in [3.05, 3.63) is 0 Å². The summed E-state index contributed by atoms with van der Waals surface area (Å²) in [6, 6.07) is 0. The van der Waals surface area contributed by atoms with Gasteiger partial charge in [-0.15, -0.1) is 0 Å². The first-order valence-corrected chi connectivity index (χ1v) is 4.36. The number of alkyl halides is 1. The monoisotopic (exact) mass is 176 g/mol. The molecule has 0 N–H and O–H groups in total. The summed E-state index contributed by atoms with van der Waals surface area (Å²) in [7, 11) is 0. The first-order chi connectivity index (χ1) is 3.80. The zero-order valence-electron chi connectivity index (χ0n) is 5.36. The Morgan fingerprint density at radius 2 is 1.88 bits per heavy atom. The Hall–Kier alpha value is 0.480. The Kier molecular flexibility index (Phi) is 2.36. The maximum atomic E-state index is 3.65. The van der Waals surface area contributed by atoms with E-state index in [0.717, 1.165) is 10.7 Å². The molecule has 0 nitrogen and oxygen atoms in total. The Morgan fingerprint density at radius 1 is 1.25 bits per heavy atom. The zero-order valence-corrected chi connectivity index (χ0v) is 6.95. The van der Waals surface area contributed by atoms with Crippen molar-refractivity contribution in [1.82, 2.24) is 0 Å². The van der Waals surface area contributed by atoms with Gasteiger partial charge in [0, 0.05) is 4.83 Å². The summed E-state index contributed by atoms with van der Waals surface area (Å²) in [5.74, 6) is 0.920. The summed E-state index contributed by atoms with van der Waals surface area (Å²) in [6.45, 7) is 2.33. The Balaban J connectivity index is 2.28. The van der Waals surface area contributed by atoms with Crippen LogP contribution in [0.3, 0.4) is 0 Å². The summed E-state index contributed by atoms with van der Waals surface area (Å²) in [4.78, 5) is 0.816. The molecule has 0 aliphatic heterocycles. The fraction of sp³-hybridized carbons (Fsp3) is 1.00. The van der Waals surface area contributed by atoms with E-state index in [4.69, 9.17) is 0 Å². The van der Waals surface area contributed by atoms with Gasteiger partial charge < -0.3 is 0 Å². The number of halogens is 1. The van der Waals surface area contributed by atoms with Gasteiger partial charge in [-0.2, -0.15) is 0 Å². The second-order valence-electron chi connectivity index (χ2n) is 2.78. The first kappa shape index (κ1) is 6.60. The molecule has 0 radical (unpaired) electrons. The van der Waals surface area contributed by atoms with Gasteiger partial charge >= 0.3 is 0 Å². The van der Waals surface area contributed by atoms with Gasteiger partial charge in [0.1, 0.15) is 0 Å². The van der Waals surface area contributed by atoms with Crippen molar-refractivity contribution in [3.63, 3.8) is 0 Å². The van der Waals surface area contributed by atoms with E-state index in [9.17, 15) is 0 Å². The van der Waals surface area contributed by atoms with E-state index in [0.29, 0.717) is 0 Å². The van der Waals surface area contributed by atoms with Crippen LogP contribution in [0.15, 0.2) is 0 Å². The summed E-state index contributed by atoms with van der Waals surface area (Å²) >= 11 is 3.65. The van der Waals surface area contributed by atoms with Crippen molar-refractivity contribution in [2.45, 2.75) is 37.4 Å². The van der Waals surface area contributed by atoms with E-state index in [2.05, 4.69) is 22.9 Å². The SMILES string of the molecule is C[C@H]1CCCC[C@H]1Br. The average molecular weight is 177 g/mol. The van der Waals surface area contributed by atoms with Crippen LogP contribution < -0.4 is 0 Å². The Bertz CT molecular complexity index is 60.8. The minimum atomic E-state index is 0.816. The maximum Gasteiger partial charge on any atom is 0.0171 e. The van der Waals surface area contributed by atoms with Crippen molar-refractivity contribution >= 4 is 15.9 Å². The maximum absolute atomic E-state index is 3.65. The summed E-state index contributed by atoms with van der Waals surface area (Å²) in [6.07, 6.45) is 5.70. The molecular weight excluding hydrogens is 164 g/mol. The molecule has 1 rings (SSSR count). The third-order valence-corrected chi connectivity index (χ3v) is 3.37. The van der Waals surface area contributed by atoms with Gasteiger partial charge in [-0.05, 0) is 18.8 Å². The minimum Gasteiger partial charge on any atom is -0.0888 e. The van der Waals surface area contributed by atoms with E-state index in [1.807, 2.05) is 0 Å². The van der Waals surface area contributed by atoms with Gasteiger partial charge in [-0.1, -0.05) is 35.7 Å². The molecule has 0 saturated heterocycles. The van der Waals surface area contributed by atoms with Crippen LogP contribution in [0, 0.1) is 5.92 Å². The fourth-order valence-corrected chi connectivity index (χ4v) is 1.86. The summed E-state index contributed by atoms with van der Waals surface area (Å²) < 4.78 is 0. The molecule has 8 heavy (non-hydrogen) atoms. The van der Waals surface area contributed by atoms with Crippen LogP contribution in [0.1, 0.15) is 32.6 Å². The number of hydrogen-bond acceptors (Lipinski definition) is 0. The van der Waals surface area contributed by atoms with E-state index in [1.54, 1.807) is 0 Å². The molecule has 0 aromatic carbocycles. The van der Waals surface area contributed by atoms with Gasteiger partial charge in [0.25, 0.3) is 0 Å². The summed E-state index contributed by atoms with van der Waals surface area (Å²) in [5, 5.41) is 0. The van der Waals surface area contributed by atoms with E-state index >= 15 is 0 Å². The highest BCUT2D eigenvalue weighted by molar-refractivity contribution is 9.09. The molecule has 0 bridgehead atoms. The highest BCUT2D eigenvalue weighted by atomic mass is 79.9. The van der Waals surface area contributed by atoms with Crippen LogP contribution in [0.5, 0.6) is 0 Å². The van der Waals surface area contributed by atoms with Crippen LogP contribution in [0.25, 0.3) is 0 Å². The molecule has 0 aromatic heterocycles. The lowest BCUT2D eigenvalue weighted by molar-refractivity contribution is 0.403. The van der Waals surface area contributed by atoms with Crippen LogP contribution >= 0.6 is 15.9 Å². The standard InChI is InChI=1S/C7H13Br/c1-6-4-2-3-5-7(6)8/h6-7H,2-5H2,1H3/t6-,7+/m0/s1. The molecule has 0 amide bonds. The molecule has 2 atom stereocenters. The van der Waals surface area contributed by atoms with E-state index in [-0.39, 0.29) is 0 Å². The van der Waals surface area contributed by atoms with Crippen molar-refractivity contribution in [2.24, 2.45) is 5.92 Å². The van der Waals surface area contributed by atoms with E-state index < -0.39 is 0 Å². The molecule has 0 aromatic rings. The van der Waals surface area contributed by atoms with Gasteiger partial charge in [-0.25, -0.2) is 0 Å². The zero-order chi connectivity index (χ0) is 5.98. The number of rotatable bonds is 0. The van der Waals surface area contributed by atoms with Gasteiger partial charge in [-0.3, -0.25) is 0 Å². The molecule has 1 aliphatic carbocycles. The van der Waals surface area contributed by atoms with Crippen molar-refractivity contribution in [3.8, 4) is 0 Å². The fourth-order valence-electron chi connectivity index (χ4n) is 1.27. The predicted octanol–water partition coefficient (Wildman–Crippen LogP) is 2.96. The van der Waals surface area contributed by atoms with E-state index in [1.165, 1.54) is 25.7 Å². The van der Waals surface area contributed by atoms with Gasteiger partial charge in [0.2, 0.25) is 0 Å². The lowest BCUT2D eigenvalue weighted by Crippen LogP contribution is -2.15. The lowest BCUT2D eigenvalue weighted by atomic mass is 9.91. The molecule has 1 fully saturated rings. The van der Waals surface area contributed by atoms with Crippen LogP contribution in [0.2, 0.25) is 0 Å². The van der Waals surface area contributed by atoms with Crippen LogP contribution in [-0.4, -0.2) is 4.83 Å².